The predicted molar refractivity (Wildman–Crippen MR) is 114 cm³/mol. The second-order valence-electron chi connectivity index (χ2n) is 6.29. The highest BCUT2D eigenvalue weighted by Gasteiger charge is 2.11. The SMILES string of the molecule is CCNC(=NCc1ccc(OC)nc1)NCC(CCO)CC(C)C.I. The van der Waals surface area contributed by atoms with Crippen LogP contribution in [0.5, 0.6) is 5.88 Å². The van der Waals surface area contributed by atoms with Gasteiger partial charge in [0.05, 0.1) is 13.7 Å². The standard InChI is InChI=1S/C18H32N4O2.HI/c1-5-19-18(21-11-15(8-9-23)10-14(2)3)22-13-16-6-7-17(24-4)20-12-16;/h6-7,12,14-15,23H,5,8-11,13H2,1-4H3,(H2,19,21,22);1H. The van der Waals surface area contributed by atoms with Gasteiger partial charge in [-0.25, -0.2) is 9.98 Å². The highest BCUT2D eigenvalue weighted by molar-refractivity contribution is 14.0. The van der Waals surface area contributed by atoms with Crippen molar-refractivity contribution in [2.45, 2.75) is 40.2 Å². The summed E-state index contributed by atoms with van der Waals surface area (Å²) < 4.78 is 5.06. The van der Waals surface area contributed by atoms with Crippen molar-refractivity contribution in [2.75, 3.05) is 26.8 Å². The third-order valence-electron chi connectivity index (χ3n) is 3.67. The summed E-state index contributed by atoms with van der Waals surface area (Å²) in [7, 11) is 1.60. The fraction of sp³-hybridized carbons (Fsp3) is 0.667. The van der Waals surface area contributed by atoms with E-state index in [2.05, 4.69) is 34.5 Å². The van der Waals surface area contributed by atoms with Crippen LogP contribution in [0.25, 0.3) is 0 Å². The van der Waals surface area contributed by atoms with Crippen LogP contribution in [0.1, 0.15) is 39.2 Å². The molecule has 0 saturated carbocycles. The van der Waals surface area contributed by atoms with Crippen LogP contribution in [0.4, 0.5) is 0 Å². The number of halogens is 1. The first kappa shape index (κ1) is 23.9. The van der Waals surface area contributed by atoms with Crippen molar-refractivity contribution in [3.8, 4) is 5.88 Å². The molecular weight excluding hydrogens is 431 g/mol. The minimum atomic E-state index is 0. The molecule has 1 atom stereocenters. The molecule has 0 saturated heterocycles. The molecule has 6 nitrogen and oxygen atoms in total. The Bertz CT molecular complexity index is 480. The lowest BCUT2D eigenvalue weighted by atomic mass is 9.94. The Kier molecular flexibility index (Phi) is 13.5. The molecule has 1 aromatic heterocycles. The summed E-state index contributed by atoms with van der Waals surface area (Å²) >= 11 is 0. The summed E-state index contributed by atoms with van der Waals surface area (Å²) in [5.74, 6) is 2.46. The number of ether oxygens (including phenoxy) is 1. The molecule has 0 amide bonds. The van der Waals surface area contributed by atoms with Crippen LogP contribution in [-0.4, -0.2) is 42.9 Å². The molecule has 25 heavy (non-hydrogen) atoms. The van der Waals surface area contributed by atoms with Gasteiger partial charge in [-0.15, -0.1) is 24.0 Å². The van der Waals surface area contributed by atoms with Crippen LogP contribution in [0.2, 0.25) is 0 Å². The minimum Gasteiger partial charge on any atom is -0.481 e. The number of aliphatic imine (C=N–C) groups is 1. The molecule has 0 radical (unpaired) electrons. The average Bonchev–Trinajstić information content (AvgIpc) is 2.57. The highest BCUT2D eigenvalue weighted by atomic mass is 127. The van der Waals surface area contributed by atoms with E-state index >= 15 is 0 Å². The number of aromatic nitrogens is 1. The number of aliphatic hydroxyl groups is 1. The summed E-state index contributed by atoms with van der Waals surface area (Å²) in [5.41, 5.74) is 1.03. The number of methoxy groups -OCH3 is 1. The average molecular weight is 464 g/mol. The molecular formula is C18H33IN4O2. The van der Waals surface area contributed by atoms with Crippen molar-refractivity contribution in [1.29, 1.82) is 0 Å². The Hall–Kier alpha value is -1.09. The van der Waals surface area contributed by atoms with E-state index in [-0.39, 0.29) is 30.6 Å². The Morgan fingerprint density at radius 3 is 2.60 bits per heavy atom. The number of rotatable bonds is 10. The second kappa shape index (κ2) is 14.1. The van der Waals surface area contributed by atoms with E-state index in [4.69, 9.17) is 4.74 Å². The van der Waals surface area contributed by atoms with Crippen LogP contribution in [0, 0.1) is 11.8 Å². The Balaban J connectivity index is 0.00000576. The quantitative estimate of drug-likeness (QED) is 0.282. The van der Waals surface area contributed by atoms with E-state index in [1.807, 2.05) is 19.1 Å². The largest absolute Gasteiger partial charge is 0.481 e. The van der Waals surface area contributed by atoms with E-state index in [1.54, 1.807) is 13.3 Å². The van der Waals surface area contributed by atoms with Crippen molar-refractivity contribution < 1.29 is 9.84 Å². The lowest BCUT2D eigenvalue weighted by Crippen LogP contribution is -2.40. The summed E-state index contributed by atoms with van der Waals surface area (Å²) in [5, 5.41) is 15.9. The van der Waals surface area contributed by atoms with Gasteiger partial charge in [0, 0.05) is 32.0 Å². The third-order valence-corrected chi connectivity index (χ3v) is 3.67. The molecule has 1 aromatic rings. The van der Waals surface area contributed by atoms with Gasteiger partial charge in [0.1, 0.15) is 0 Å². The Labute approximate surface area is 168 Å². The van der Waals surface area contributed by atoms with Crippen LogP contribution in [-0.2, 0) is 6.54 Å². The molecule has 1 heterocycles. The fourth-order valence-electron chi connectivity index (χ4n) is 2.53. The first-order chi connectivity index (χ1) is 11.6. The van der Waals surface area contributed by atoms with Crippen molar-refractivity contribution in [3.05, 3.63) is 23.9 Å². The van der Waals surface area contributed by atoms with Crippen LogP contribution < -0.4 is 15.4 Å². The summed E-state index contributed by atoms with van der Waals surface area (Å²) in [4.78, 5) is 8.79. The van der Waals surface area contributed by atoms with Crippen molar-refractivity contribution in [3.63, 3.8) is 0 Å². The molecule has 0 bridgehead atoms. The maximum atomic E-state index is 9.22. The predicted octanol–water partition coefficient (Wildman–Crippen LogP) is 2.81. The topological polar surface area (TPSA) is 78.8 Å². The van der Waals surface area contributed by atoms with E-state index in [0.717, 1.165) is 37.5 Å². The molecule has 0 spiro atoms. The normalized spacial score (nSPS) is 12.5. The summed E-state index contributed by atoms with van der Waals surface area (Å²) in [6.45, 7) is 8.87. The Morgan fingerprint density at radius 1 is 1.32 bits per heavy atom. The van der Waals surface area contributed by atoms with Crippen LogP contribution in [0.3, 0.4) is 0 Å². The summed E-state index contributed by atoms with van der Waals surface area (Å²) in [6, 6.07) is 3.80. The Morgan fingerprint density at radius 2 is 2.08 bits per heavy atom. The van der Waals surface area contributed by atoms with Gasteiger partial charge in [0.15, 0.2) is 5.96 Å². The highest BCUT2D eigenvalue weighted by Crippen LogP contribution is 2.14. The van der Waals surface area contributed by atoms with Gasteiger partial charge >= 0.3 is 0 Å². The molecule has 0 aliphatic rings. The molecule has 1 unspecified atom stereocenters. The van der Waals surface area contributed by atoms with E-state index in [0.29, 0.717) is 24.3 Å². The van der Waals surface area contributed by atoms with Gasteiger partial charge in [-0.2, -0.15) is 0 Å². The zero-order chi connectivity index (χ0) is 17.8. The van der Waals surface area contributed by atoms with Crippen LogP contribution >= 0.6 is 24.0 Å². The number of hydrogen-bond acceptors (Lipinski definition) is 4. The van der Waals surface area contributed by atoms with Gasteiger partial charge < -0.3 is 20.5 Å². The van der Waals surface area contributed by atoms with Gasteiger partial charge in [-0.1, -0.05) is 19.9 Å². The smallest absolute Gasteiger partial charge is 0.212 e. The number of aliphatic hydroxyl groups excluding tert-OH is 1. The maximum absolute atomic E-state index is 9.22. The van der Waals surface area contributed by atoms with Gasteiger partial charge in [0.2, 0.25) is 5.88 Å². The summed E-state index contributed by atoms with van der Waals surface area (Å²) in [6.07, 6.45) is 3.68. The monoisotopic (exact) mass is 464 g/mol. The third kappa shape index (κ3) is 10.5. The van der Waals surface area contributed by atoms with Crippen molar-refractivity contribution >= 4 is 29.9 Å². The molecule has 1 rings (SSSR count). The van der Waals surface area contributed by atoms with Gasteiger partial charge in [0.25, 0.3) is 0 Å². The second-order valence-corrected chi connectivity index (χ2v) is 6.29. The number of nitrogens with zero attached hydrogens (tertiary/aromatic N) is 2. The first-order valence-corrected chi connectivity index (χ1v) is 8.71. The number of hydrogen-bond donors (Lipinski definition) is 3. The van der Waals surface area contributed by atoms with Gasteiger partial charge in [-0.3, -0.25) is 0 Å². The number of pyridine rings is 1. The fourth-order valence-corrected chi connectivity index (χ4v) is 2.53. The number of nitrogens with one attached hydrogen (secondary N) is 2. The lowest BCUT2D eigenvalue weighted by molar-refractivity contribution is 0.243. The zero-order valence-electron chi connectivity index (χ0n) is 15.8. The molecule has 144 valence electrons. The van der Waals surface area contributed by atoms with Crippen molar-refractivity contribution in [1.82, 2.24) is 15.6 Å². The minimum absolute atomic E-state index is 0. The van der Waals surface area contributed by atoms with Crippen molar-refractivity contribution in [2.24, 2.45) is 16.8 Å². The molecule has 7 heteroatoms. The molecule has 3 N–H and O–H groups in total. The van der Waals surface area contributed by atoms with Crippen LogP contribution in [0.15, 0.2) is 23.3 Å². The molecule has 0 fully saturated rings. The van der Waals surface area contributed by atoms with E-state index < -0.39 is 0 Å². The molecule has 0 aliphatic heterocycles. The first-order valence-electron chi connectivity index (χ1n) is 8.71. The maximum Gasteiger partial charge on any atom is 0.212 e. The molecule has 0 aromatic carbocycles. The zero-order valence-corrected chi connectivity index (χ0v) is 18.1. The van der Waals surface area contributed by atoms with Gasteiger partial charge in [-0.05, 0) is 37.2 Å². The number of guanidine groups is 1. The molecule has 0 aliphatic carbocycles. The van der Waals surface area contributed by atoms with E-state index in [9.17, 15) is 5.11 Å². The lowest BCUT2D eigenvalue weighted by Gasteiger charge is -2.20. The van der Waals surface area contributed by atoms with E-state index in [1.165, 1.54) is 0 Å².